The second kappa shape index (κ2) is 9.23. The van der Waals surface area contributed by atoms with Crippen LogP contribution in [0.5, 0.6) is 5.75 Å². The molecule has 0 bridgehead atoms. The average molecular weight is 476 g/mol. The third kappa shape index (κ3) is 4.48. The van der Waals surface area contributed by atoms with E-state index in [2.05, 4.69) is 25.6 Å². The molecule has 2 N–H and O–H groups in total. The molecule has 3 aromatic rings. The van der Waals surface area contributed by atoms with E-state index in [0.717, 1.165) is 19.2 Å². The molecule has 2 atom stereocenters. The van der Waals surface area contributed by atoms with Gasteiger partial charge < -0.3 is 19.8 Å². The van der Waals surface area contributed by atoms with Crippen LogP contribution >= 0.6 is 0 Å². The molecule has 0 radical (unpaired) electrons. The number of piperidine rings is 1. The summed E-state index contributed by atoms with van der Waals surface area (Å²) >= 11 is 0. The predicted molar refractivity (Wildman–Crippen MR) is 120 cm³/mol. The average Bonchev–Trinajstić information content (AvgIpc) is 3.59. The third-order valence-electron chi connectivity index (χ3n) is 6.10. The molecule has 35 heavy (non-hydrogen) atoms. The third-order valence-corrected chi connectivity index (χ3v) is 6.10. The molecular weight excluding hydrogens is 455 g/mol. The topological polar surface area (TPSA) is 143 Å². The van der Waals surface area contributed by atoms with Gasteiger partial charge in [-0.1, -0.05) is 0 Å². The minimum atomic E-state index is -1.87. The molecule has 178 valence electrons. The second-order valence-electron chi connectivity index (χ2n) is 8.48. The van der Waals surface area contributed by atoms with E-state index in [4.69, 9.17) is 9.15 Å². The molecule has 0 spiro atoms. The number of rotatable bonds is 7. The molecule has 1 amide bonds. The number of oxazole rings is 1. The monoisotopic (exact) mass is 476 g/mol. The number of nitrogens with zero attached hydrogens (tertiary/aromatic N) is 4. The van der Waals surface area contributed by atoms with Crippen LogP contribution in [0.25, 0.3) is 11.3 Å². The molecule has 11 heteroatoms. The van der Waals surface area contributed by atoms with E-state index >= 15 is 4.39 Å². The van der Waals surface area contributed by atoms with Crippen molar-refractivity contribution in [2.75, 3.05) is 18.4 Å². The molecule has 1 aliphatic carbocycles. The van der Waals surface area contributed by atoms with Gasteiger partial charge in [0, 0.05) is 30.5 Å². The summed E-state index contributed by atoms with van der Waals surface area (Å²) in [6.07, 6.45) is 3.72. The second-order valence-corrected chi connectivity index (χ2v) is 8.48. The summed E-state index contributed by atoms with van der Waals surface area (Å²) in [5, 5.41) is 15.5. The summed E-state index contributed by atoms with van der Waals surface area (Å²) in [4.78, 5) is 37.3. The van der Waals surface area contributed by atoms with Crippen molar-refractivity contribution in [2.45, 2.75) is 31.0 Å². The van der Waals surface area contributed by atoms with Crippen LogP contribution in [0.4, 0.5) is 10.2 Å². The maximum absolute atomic E-state index is 15.2. The Hall–Kier alpha value is -4.17. The van der Waals surface area contributed by atoms with Gasteiger partial charge in [-0.05, 0) is 37.6 Å². The maximum atomic E-state index is 15.2. The van der Waals surface area contributed by atoms with Gasteiger partial charge in [-0.3, -0.25) is 9.59 Å². The van der Waals surface area contributed by atoms with Crippen LogP contribution < -0.4 is 15.4 Å². The number of nitriles is 1. The molecule has 2 aliphatic rings. The van der Waals surface area contributed by atoms with Gasteiger partial charge in [0.2, 0.25) is 17.3 Å². The lowest BCUT2D eigenvalue weighted by molar-refractivity contribution is -0.117. The van der Waals surface area contributed by atoms with E-state index in [1.165, 1.54) is 24.7 Å². The number of nitrogens with one attached hydrogen (secondary N) is 2. The summed E-state index contributed by atoms with van der Waals surface area (Å²) in [5.41, 5.74) is -0.726. The smallest absolute Gasteiger partial charge is 0.246 e. The van der Waals surface area contributed by atoms with Gasteiger partial charge in [0.05, 0.1) is 17.5 Å². The fourth-order valence-electron chi connectivity index (χ4n) is 4.00. The number of Topliss-reactive ketones (excluding diaryl/α,β-unsaturated/α-hetero) is 1. The number of ketones is 1. The van der Waals surface area contributed by atoms with Crippen LogP contribution in [0.2, 0.25) is 0 Å². The van der Waals surface area contributed by atoms with Crippen molar-refractivity contribution in [1.29, 1.82) is 5.26 Å². The Morgan fingerprint density at radius 1 is 1.29 bits per heavy atom. The SMILES string of the molecule is N#Cc1cc(-c2cc(NC(=O)C3CC3)ncn2)ccc1O[C@]1(C(=O)c2cnco2)CCNC[C@H]1F. The lowest BCUT2D eigenvalue weighted by Gasteiger charge is -2.38. The highest BCUT2D eigenvalue weighted by atomic mass is 19.1. The maximum Gasteiger partial charge on any atom is 0.246 e. The van der Waals surface area contributed by atoms with E-state index in [-0.39, 0.29) is 41.9 Å². The van der Waals surface area contributed by atoms with Crippen LogP contribution in [-0.4, -0.2) is 51.5 Å². The minimum absolute atomic E-state index is 0.0244. The van der Waals surface area contributed by atoms with Crippen molar-refractivity contribution < 1.29 is 23.1 Å². The van der Waals surface area contributed by atoms with Gasteiger partial charge >= 0.3 is 0 Å². The first-order valence-electron chi connectivity index (χ1n) is 11.1. The number of hydrogen-bond donors (Lipinski definition) is 2. The lowest BCUT2D eigenvalue weighted by atomic mass is 9.84. The Kier molecular flexibility index (Phi) is 5.96. The van der Waals surface area contributed by atoms with E-state index in [1.54, 1.807) is 12.1 Å². The van der Waals surface area contributed by atoms with Crippen molar-refractivity contribution >= 4 is 17.5 Å². The van der Waals surface area contributed by atoms with Gasteiger partial charge in [0.25, 0.3) is 0 Å². The summed E-state index contributed by atoms with van der Waals surface area (Å²) < 4.78 is 26.3. The zero-order valence-electron chi connectivity index (χ0n) is 18.5. The minimum Gasteiger partial charge on any atom is -0.474 e. The number of benzene rings is 1. The Morgan fingerprint density at radius 2 is 2.14 bits per heavy atom. The largest absolute Gasteiger partial charge is 0.474 e. The van der Waals surface area contributed by atoms with Crippen LogP contribution in [0, 0.1) is 17.2 Å². The Bertz CT molecular complexity index is 1300. The van der Waals surface area contributed by atoms with Crippen molar-refractivity contribution in [3.05, 3.63) is 54.5 Å². The molecule has 3 heterocycles. The summed E-state index contributed by atoms with van der Waals surface area (Å²) in [6.45, 7) is 0.257. The zero-order valence-corrected chi connectivity index (χ0v) is 18.5. The molecule has 5 rings (SSSR count). The highest BCUT2D eigenvalue weighted by molar-refractivity contribution is 6.01. The van der Waals surface area contributed by atoms with Crippen molar-refractivity contribution in [2.24, 2.45) is 5.92 Å². The van der Waals surface area contributed by atoms with Gasteiger partial charge in [0.1, 0.15) is 24.0 Å². The first kappa shape index (κ1) is 22.6. The normalized spacial score (nSPS) is 21.7. The number of amides is 1. The van der Waals surface area contributed by atoms with E-state index in [9.17, 15) is 14.9 Å². The highest BCUT2D eigenvalue weighted by Crippen LogP contribution is 2.35. The molecule has 0 unspecified atom stereocenters. The van der Waals surface area contributed by atoms with Crippen LogP contribution in [-0.2, 0) is 4.79 Å². The van der Waals surface area contributed by atoms with Gasteiger partial charge in [-0.25, -0.2) is 19.3 Å². The first-order chi connectivity index (χ1) is 17.0. The number of alkyl halides is 1. The summed E-state index contributed by atoms with van der Waals surface area (Å²) in [5.74, 6) is -0.436. The molecule has 10 nitrogen and oxygen atoms in total. The fraction of sp³-hybridized carbons (Fsp3) is 0.333. The van der Waals surface area contributed by atoms with E-state index in [0.29, 0.717) is 23.6 Å². The van der Waals surface area contributed by atoms with Crippen LogP contribution in [0.3, 0.4) is 0 Å². The quantitative estimate of drug-likeness (QED) is 0.492. The number of ether oxygens (including phenoxy) is 1. The highest BCUT2D eigenvalue weighted by Gasteiger charge is 2.52. The van der Waals surface area contributed by atoms with Gasteiger partial charge in [-0.2, -0.15) is 5.26 Å². The molecule has 1 aliphatic heterocycles. The number of halogens is 1. The Labute approximate surface area is 199 Å². The summed E-state index contributed by atoms with van der Waals surface area (Å²) in [6, 6.07) is 8.34. The number of hydrogen-bond acceptors (Lipinski definition) is 9. The van der Waals surface area contributed by atoms with Crippen molar-refractivity contribution in [3.63, 3.8) is 0 Å². The first-order valence-corrected chi connectivity index (χ1v) is 11.1. The van der Waals surface area contributed by atoms with Gasteiger partial charge in [0.15, 0.2) is 18.3 Å². The molecule has 2 aromatic heterocycles. The number of anilines is 1. The Balaban J connectivity index is 1.44. The zero-order chi connectivity index (χ0) is 24.4. The van der Waals surface area contributed by atoms with E-state index in [1.807, 2.05) is 6.07 Å². The molecule has 1 aromatic carbocycles. The lowest BCUT2D eigenvalue weighted by Crippen LogP contribution is -2.60. The number of carbonyl (C=O) groups excluding carboxylic acids is 2. The Morgan fingerprint density at radius 3 is 2.86 bits per heavy atom. The predicted octanol–water partition coefficient (Wildman–Crippen LogP) is 2.68. The molecular formula is C24H21FN6O4. The standard InChI is InChI=1S/C24H21FN6O4/c25-20-11-27-6-5-24(20,22(32)19-10-28-13-34-19)35-18-4-3-15(7-16(18)9-26)17-8-21(30-12-29-17)31-23(33)14-1-2-14/h3-4,7-8,10,12-14,20,27H,1-2,5-6,11H2,(H,29,30,31,33)/t20-,24-/m1/s1. The number of aromatic nitrogens is 3. The van der Waals surface area contributed by atoms with Gasteiger partial charge in [-0.15, -0.1) is 0 Å². The van der Waals surface area contributed by atoms with E-state index < -0.39 is 17.6 Å². The van der Waals surface area contributed by atoms with Crippen LogP contribution in [0.1, 0.15) is 35.4 Å². The van der Waals surface area contributed by atoms with Crippen molar-refractivity contribution in [1.82, 2.24) is 20.3 Å². The fourth-order valence-corrected chi connectivity index (χ4v) is 4.00. The van der Waals surface area contributed by atoms with Crippen LogP contribution in [0.15, 0.2) is 47.6 Å². The molecule has 1 saturated carbocycles. The molecule has 2 fully saturated rings. The van der Waals surface area contributed by atoms with Crippen molar-refractivity contribution in [3.8, 4) is 23.1 Å². The molecule has 1 saturated heterocycles. The number of carbonyl (C=O) groups is 2. The summed E-state index contributed by atoms with van der Waals surface area (Å²) in [7, 11) is 0.